The Bertz CT molecular complexity index is 917. The molecule has 0 bridgehead atoms. The molecule has 0 fully saturated rings. The summed E-state index contributed by atoms with van der Waals surface area (Å²) in [5, 5.41) is 2.91. The lowest BCUT2D eigenvalue weighted by Gasteiger charge is -2.04. The van der Waals surface area contributed by atoms with Crippen molar-refractivity contribution in [3.05, 3.63) is 74.0 Å². The molecule has 0 amide bonds. The molecule has 0 unspecified atom stereocenters. The second-order valence-corrected chi connectivity index (χ2v) is 6.02. The molecule has 2 aromatic carbocycles. The predicted octanol–water partition coefficient (Wildman–Crippen LogP) is 3.16. The highest BCUT2D eigenvalue weighted by Gasteiger charge is 2.01. The lowest BCUT2D eigenvalue weighted by atomic mass is 10.1. The van der Waals surface area contributed by atoms with Crippen LogP contribution in [0.15, 0.2) is 57.1 Å². The van der Waals surface area contributed by atoms with Gasteiger partial charge in [-0.1, -0.05) is 23.7 Å². The Morgan fingerprint density at radius 2 is 1.76 bits per heavy atom. The van der Waals surface area contributed by atoms with Crippen LogP contribution in [0, 0.1) is 0 Å². The number of nitrogens with one attached hydrogen (secondary N) is 2. The molecule has 0 radical (unpaired) electrons. The molecule has 1 aromatic heterocycles. The van der Waals surface area contributed by atoms with Crippen LogP contribution < -0.4 is 11.1 Å². The first-order valence-corrected chi connectivity index (χ1v) is 7.61. The standard InChI is InChI=1S/C15H11ClN2O2S/c16-11-3-1-10-6-13(4-2-9(10)5-11)21-8-12-7-17-14(19)15(20)18-12/h1-7H,8H2,(H,17,19)(H,18,20). The van der Waals surface area contributed by atoms with E-state index in [4.69, 9.17) is 11.6 Å². The first-order chi connectivity index (χ1) is 10.1. The number of fused-ring (bicyclic) bond motifs is 1. The second kappa shape index (κ2) is 5.79. The van der Waals surface area contributed by atoms with Gasteiger partial charge in [-0.3, -0.25) is 9.59 Å². The zero-order chi connectivity index (χ0) is 14.8. The summed E-state index contributed by atoms with van der Waals surface area (Å²) in [6.45, 7) is 0. The molecule has 21 heavy (non-hydrogen) atoms. The van der Waals surface area contributed by atoms with Crippen molar-refractivity contribution in [3.8, 4) is 0 Å². The minimum atomic E-state index is -0.633. The van der Waals surface area contributed by atoms with Gasteiger partial charge in [-0.25, -0.2) is 0 Å². The minimum Gasteiger partial charge on any atom is -0.323 e. The van der Waals surface area contributed by atoms with E-state index in [1.807, 2.05) is 30.3 Å². The number of hydrogen-bond acceptors (Lipinski definition) is 3. The van der Waals surface area contributed by atoms with Gasteiger partial charge in [0.05, 0.1) is 0 Å². The largest absolute Gasteiger partial charge is 0.323 e. The van der Waals surface area contributed by atoms with Crippen molar-refractivity contribution in [1.82, 2.24) is 9.97 Å². The quantitative estimate of drug-likeness (QED) is 0.576. The fourth-order valence-corrected chi connectivity index (χ4v) is 3.01. The van der Waals surface area contributed by atoms with E-state index >= 15 is 0 Å². The van der Waals surface area contributed by atoms with Gasteiger partial charge in [0.15, 0.2) is 0 Å². The summed E-state index contributed by atoms with van der Waals surface area (Å²) in [6, 6.07) is 11.8. The summed E-state index contributed by atoms with van der Waals surface area (Å²) in [5.41, 5.74) is -0.576. The van der Waals surface area contributed by atoms with Crippen LogP contribution >= 0.6 is 23.4 Å². The maximum Gasteiger partial charge on any atom is 0.313 e. The highest BCUT2D eigenvalue weighted by atomic mass is 35.5. The lowest BCUT2D eigenvalue weighted by Crippen LogP contribution is -2.29. The molecule has 0 aliphatic heterocycles. The average molecular weight is 319 g/mol. The molecule has 0 saturated heterocycles. The van der Waals surface area contributed by atoms with E-state index in [0.29, 0.717) is 16.5 Å². The Morgan fingerprint density at radius 3 is 2.57 bits per heavy atom. The molecule has 3 rings (SSSR count). The number of hydrogen-bond donors (Lipinski definition) is 2. The van der Waals surface area contributed by atoms with Crippen LogP contribution in [0.5, 0.6) is 0 Å². The Hall–Kier alpha value is -1.98. The van der Waals surface area contributed by atoms with Gasteiger partial charge >= 0.3 is 11.1 Å². The van der Waals surface area contributed by atoms with E-state index in [2.05, 4.69) is 16.0 Å². The molecular formula is C15H11ClN2O2S. The number of rotatable bonds is 3. The van der Waals surface area contributed by atoms with E-state index in [1.165, 1.54) is 6.20 Å². The predicted molar refractivity (Wildman–Crippen MR) is 86.2 cm³/mol. The number of aromatic nitrogens is 2. The summed E-state index contributed by atoms with van der Waals surface area (Å²) in [5.74, 6) is 0.575. The molecular weight excluding hydrogens is 308 g/mol. The third-order valence-electron chi connectivity index (χ3n) is 3.03. The molecule has 1 heterocycles. The van der Waals surface area contributed by atoms with Crippen molar-refractivity contribution in [2.45, 2.75) is 10.6 Å². The Balaban J connectivity index is 1.81. The van der Waals surface area contributed by atoms with Crippen LogP contribution in [0.3, 0.4) is 0 Å². The maximum atomic E-state index is 11.2. The SMILES string of the molecule is O=c1[nH]cc(CSc2ccc3cc(Cl)ccc3c2)[nH]c1=O. The summed E-state index contributed by atoms with van der Waals surface area (Å²) < 4.78 is 0. The Labute approximate surface area is 129 Å². The normalized spacial score (nSPS) is 10.9. The smallest absolute Gasteiger partial charge is 0.313 e. The number of aromatic amines is 2. The fourth-order valence-electron chi connectivity index (χ4n) is 1.98. The Kier molecular flexibility index (Phi) is 3.86. The van der Waals surface area contributed by atoms with Gasteiger partial charge in [0, 0.05) is 27.6 Å². The van der Waals surface area contributed by atoms with Crippen molar-refractivity contribution in [1.29, 1.82) is 0 Å². The van der Waals surface area contributed by atoms with E-state index in [-0.39, 0.29) is 0 Å². The highest BCUT2D eigenvalue weighted by Crippen LogP contribution is 2.27. The summed E-state index contributed by atoms with van der Waals surface area (Å²) in [7, 11) is 0. The maximum absolute atomic E-state index is 11.2. The second-order valence-electron chi connectivity index (χ2n) is 4.54. The zero-order valence-corrected chi connectivity index (χ0v) is 12.4. The summed E-state index contributed by atoms with van der Waals surface area (Å²) in [4.78, 5) is 28.3. The first kappa shape index (κ1) is 14.0. The molecule has 0 saturated carbocycles. The van der Waals surface area contributed by atoms with Gasteiger partial charge in [-0.15, -0.1) is 11.8 Å². The molecule has 106 valence electrons. The van der Waals surface area contributed by atoms with Gasteiger partial charge in [0.1, 0.15) is 0 Å². The van der Waals surface area contributed by atoms with Crippen molar-refractivity contribution in [2.75, 3.05) is 0 Å². The van der Waals surface area contributed by atoms with E-state index < -0.39 is 11.1 Å². The van der Waals surface area contributed by atoms with Gasteiger partial charge in [0.25, 0.3) is 0 Å². The van der Waals surface area contributed by atoms with Crippen molar-refractivity contribution in [3.63, 3.8) is 0 Å². The third-order valence-corrected chi connectivity index (χ3v) is 4.30. The topological polar surface area (TPSA) is 65.7 Å². The number of benzene rings is 2. The molecule has 3 aromatic rings. The van der Waals surface area contributed by atoms with E-state index in [9.17, 15) is 9.59 Å². The lowest BCUT2D eigenvalue weighted by molar-refractivity contribution is 1.01. The third kappa shape index (κ3) is 3.20. The van der Waals surface area contributed by atoms with Crippen LogP contribution in [0.1, 0.15) is 5.69 Å². The van der Waals surface area contributed by atoms with Crippen LogP contribution in [-0.4, -0.2) is 9.97 Å². The molecule has 4 nitrogen and oxygen atoms in total. The monoisotopic (exact) mass is 318 g/mol. The number of H-pyrrole nitrogens is 2. The van der Waals surface area contributed by atoms with Gasteiger partial charge in [0.2, 0.25) is 0 Å². The molecule has 0 aliphatic rings. The molecule has 0 atom stereocenters. The van der Waals surface area contributed by atoms with Gasteiger partial charge in [-0.2, -0.15) is 0 Å². The molecule has 6 heteroatoms. The minimum absolute atomic E-state index is 0.575. The Morgan fingerprint density at radius 1 is 1.00 bits per heavy atom. The first-order valence-electron chi connectivity index (χ1n) is 6.25. The molecule has 0 aliphatic carbocycles. The van der Waals surface area contributed by atoms with Crippen LogP contribution in [0.25, 0.3) is 10.8 Å². The van der Waals surface area contributed by atoms with Crippen LogP contribution in [-0.2, 0) is 5.75 Å². The van der Waals surface area contributed by atoms with Crippen LogP contribution in [0.4, 0.5) is 0 Å². The van der Waals surface area contributed by atoms with E-state index in [1.54, 1.807) is 11.8 Å². The number of halogens is 1. The molecule has 2 N–H and O–H groups in total. The summed E-state index contributed by atoms with van der Waals surface area (Å²) >= 11 is 7.54. The van der Waals surface area contributed by atoms with Crippen LogP contribution in [0.2, 0.25) is 5.02 Å². The molecule has 0 spiro atoms. The van der Waals surface area contributed by atoms with E-state index in [0.717, 1.165) is 15.7 Å². The van der Waals surface area contributed by atoms with Crippen molar-refractivity contribution in [2.24, 2.45) is 0 Å². The van der Waals surface area contributed by atoms with Crippen molar-refractivity contribution >= 4 is 34.1 Å². The fraction of sp³-hybridized carbons (Fsp3) is 0.0667. The number of thioether (sulfide) groups is 1. The van der Waals surface area contributed by atoms with Gasteiger partial charge < -0.3 is 9.97 Å². The summed E-state index contributed by atoms with van der Waals surface area (Å²) in [6.07, 6.45) is 1.53. The zero-order valence-electron chi connectivity index (χ0n) is 10.9. The van der Waals surface area contributed by atoms with Crippen molar-refractivity contribution < 1.29 is 0 Å². The van der Waals surface area contributed by atoms with Gasteiger partial charge in [-0.05, 0) is 35.0 Å². The highest BCUT2D eigenvalue weighted by molar-refractivity contribution is 7.98. The average Bonchev–Trinajstić information content (AvgIpc) is 2.48.